The van der Waals surface area contributed by atoms with Gasteiger partial charge in [0, 0.05) is 36.4 Å². The van der Waals surface area contributed by atoms with E-state index in [2.05, 4.69) is 20.4 Å². The van der Waals surface area contributed by atoms with Crippen molar-refractivity contribution in [2.75, 3.05) is 5.32 Å². The van der Waals surface area contributed by atoms with E-state index in [0.717, 1.165) is 6.07 Å². The average molecular weight is 592 g/mol. The lowest BCUT2D eigenvalue weighted by Gasteiger charge is -2.20. The van der Waals surface area contributed by atoms with E-state index < -0.39 is 99.3 Å². The molecule has 2 N–H and O–H groups in total. The SMILES string of the molecule is C[C@@H](C[C@H](F)Cn1cc(F)c2cc(-c3ncc(C(F)(F)F)cn3)c(F)cc2c1=O)Nc1cn[nH]c(=O)c1C(F)(F)F. The van der Waals surface area contributed by atoms with E-state index in [4.69, 9.17) is 0 Å². The number of anilines is 1. The molecule has 0 aliphatic carbocycles. The van der Waals surface area contributed by atoms with Crippen molar-refractivity contribution in [1.29, 1.82) is 0 Å². The van der Waals surface area contributed by atoms with Crippen molar-refractivity contribution in [3.05, 3.63) is 80.4 Å². The summed E-state index contributed by atoms with van der Waals surface area (Å²) in [6, 6.07) is 0.435. The maximum absolute atomic E-state index is 14.9. The Morgan fingerprint density at radius 3 is 2.22 bits per heavy atom. The van der Waals surface area contributed by atoms with Crippen molar-refractivity contribution in [1.82, 2.24) is 24.7 Å². The van der Waals surface area contributed by atoms with Gasteiger partial charge in [-0.15, -0.1) is 0 Å². The largest absolute Gasteiger partial charge is 0.423 e. The van der Waals surface area contributed by atoms with Crippen LogP contribution in [-0.4, -0.2) is 36.9 Å². The monoisotopic (exact) mass is 592 g/mol. The molecule has 218 valence electrons. The predicted octanol–water partition coefficient (Wildman–Crippen LogP) is 5.09. The molecule has 4 rings (SSSR count). The van der Waals surface area contributed by atoms with Gasteiger partial charge in [0.1, 0.15) is 23.4 Å². The molecule has 0 saturated heterocycles. The van der Waals surface area contributed by atoms with Gasteiger partial charge < -0.3 is 9.88 Å². The van der Waals surface area contributed by atoms with Gasteiger partial charge in [0.25, 0.3) is 11.1 Å². The third-order valence-electron chi connectivity index (χ3n) is 5.89. The highest BCUT2D eigenvalue weighted by atomic mass is 19.4. The van der Waals surface area contributed by atoms with Crippen LogP contribution in [0.3, 0.4) is 0 Å². The van der Waals surface area contributed by atoms with Crippen LogP contribution >= 0.6 is 0 Å². The fraction of sp³-hybridized carbons (Fsp3) is 0.292. The van der Waals surface area contributed by atoms with Gasteiger partial charge in [0.2, 0.25) is 0 Å². The van der Waals surface area contributed by atoms with Gasteiger partial charge in [-0.05, 0) is 19.1 Å². The smallest absolute Gasteiger partial charge is 0.381 e. The zero-order valence-electron chi connectivity index (χ0n) is 20.5. The van der Waals surface area contributed by atoms with E-state index in [9.17, 15) is 49.1 Å². The van der Waals surface area contributed by atoms with Crippen LogP contribution < -0.4 is 16.4 Å². The summed E-state index contributed by atoms with van der Waals surface area (Å²) in [5.74, 6) is -2.76. The summed E-state index contributed by atoms with van der Waals surface area (Å²) in [5, 5.41) is 6.34. The summed E-state index contributed by atoms with van der Waals surface area (Å²) >= 11 is 0. The number of benzene rings is 1. The molecule has 3 heterocycles. The number of hydrogen-bond acceptors (Lipinski definition) is 6. The molecular weight excluding hydrogens is 575 g/mol. The number of aromatic amines is 1. The van der Waals surface area contributed by atoms with Crippen LogP contribution in [0.15, 0.2) is 46.5 Å². The Labute approximate surface area is 222 Å². The lowest BCUT2D eigenvalue weighted by molar-refractivity contribution is -0.139. The van der Waals surface area contributed by atoms with Crippen LogP contribution in [0.4, 0.5) is 45.2 Å². The number of pyridine rings is 1. The first-order chi connectivity index (χ1) is 19.1. The second kappa shape index (κ2) is 10.9. The van der Waals surface area contributed by atoms with Crippen molar-refractivity contribution in [3.8, 4) is 11.4 Å². The summed E-state index contributed by atoms with van der Waals surface area (Å²) < 4.78 is 123. The fourth-order valence-corrected chi connectivity index (χ4v) is 4.07. The Morgan fingerprint density at radius 2 is 1.61 bits per heavy atom. The Hall–Kier alpha value is -4.44. The first kappa shape index (κ1) is 29.5. The van der Waals surface area contributed by atoms with Gasteiger partial charge in [0.05, 0.1) is 34.9 Å². The maximum atomic E-state index is 14.9. The molecule has 0 bridgehead atoms. The molecule has 0 fully saturated rings. The third kappa shape index (κ3) is 6.33. The highest BCUT2D eigenvalue weighted by Gasteiger charge is 2.37. The minimum absolute atomic E-state index is 0.411. The molecule has 0 spiro atoms. The molecule has 0 aliphatic heterocycles. The van der Waals surface area contributed by atoms with Crippen molar-refractivity contribution in [3.63, 3.8) is 0 Å². The highest BCUT2D eigenvalue weighted by Crippen LogP contribution is 2.32. The van der Waals surface area contributed by atoms with Crippen molar-refractivity contribution >= 4 is 16.5 Å². The topological polar surface area (TPSA) is 106 Å². The van der Waals surface area contributed by atoms with Gasteiger partial charge in [-0.3, -0.25) is 9.59 Å². The molecule has 0 amide bonds. The van der Waals surface area contributed by atoms with E-state index in [1.165, 1.54) is 6.92 Å². The first-order valence-electron chi connectivity index (χ1n) is 11.5. The number of hydrogen-bond donors (Lipinski definition) is 2. The summed E-state index contributed by atoms with van der Waals surface area (Å²) in [7, 11) is 0. The molecule has 4 aromatic rings. The molecule has 0 aliphatic rings. The van der Waals surface area contributed by atoms with Crippen molar-refractivity contribution in [2.24, 2.45) is 0 Å². The number of aromatic nitrogens is 5. The van der Waals surface area contributed by atoms with Crippen molar-refractivity contribution in [2.45, 2.75) is 44.5 Å². The van der Waals surface area contributed by atoms with Crippen LogP contribution in [-0.2, 0) is 18.9 Å². The quantitative estimate of drug-likeness (QED) is 0.290. The summed E-state index contributed by atoms with van der Waals surface area (Å²) in [5.41, 5.74) is -6.47. The maximum Gasteiger partial charge on any atom is 0.423 e. The number of halogens is 9. The predicted molar refractivity (Wildman–Crippen MR) is 127 cm³/mol. The molecule has 3 aromatic heterocycles. The lowest BCUT2D eigenvalue weighted by Crippen LogP contribution is -2.30. The number of fused-ring (bicyclic) bond motifs is 1. The Bertz CT molecular complexity index is 1700. The molecule has 1 aromatic carbocycles. The number of rotatable bonds is 7. The molecule has 0 radical (unpaired) electrons. The molecule has 2 atom stereocenters. The minimum atomic E-state index is -5.03. The summed E-state index contributed by atoms with van der Waals surface area (Å²) in [6.45, 7) is 0.542. The van der Waals surface area contributed by atoms with Gasteiger partial charge in [-0.25, -0.2) is 28.2 Å². The van der Waals surface area contributed by atoms with E-state index in [0.29, 0.717) is 35.4 Å². The van der Waals surface area contributed by atoms with E-state index in [1.54, 1.807) is 5.10 Å². The molecule has 0 unspecified atom stereocenters. The van der Waals surface area contributed by atoms with Gasteiger partial charge in [0.15, 0.2) is 5.82 Å². The molecular formula is C24H17F9N6O2. The number of nitrogens with one attached hydrogen (secondary N) is 2. The van der Waals surface area contributed by atoms with Crippen LogP contribution in [0, 0.1) is 11.6 Å². The number of nitrogens with zero attached hydrogens (tertiary/aromatic N) is 4. The molecule has 8 nitrogen and oxygen atoms in total. The molecule has 41 heavy (non-hydrogen) atoms. The Kier molecular flexibility index (Phi) is 7.82. The highest BCUT2D eigenvalue weighted by molar-refractivity contribution is 5.86. The zero-order valence-corrected chi connectivity index (χ0v) is 20.5. The standard InChI is InChI=1S/C24H17F9N6O2/c1-10(37-18-7-36-38-21(40)19(18)24(31,32)33)2-12(25)8-39-9-17(27)13-3-15(16(26)4-14(13)22(39)41)20-34-5-11(6-35-20)23(28,29)30/h3-7,9-10,12H,2,8H2,1H3,(H2,37,38,40)/t10-,12-/m0/s1. The third-order valence-corrected chi connectivity index (χ3v) is 5.89. The Morgan fingerprint density at radius 1 is 0.951 bits per heavy atom. The van der Waals surface area contributed by atoms with Crippen LogP contribution in [0.5, 0.6) is 0 Å². The van der Waals surface area contributed by atoms with Gasteiger partial charge in [-0.2, -0.15) is 31.4 Å². The lowest BCUT2D eigenvalue weighted by atomic mass is 10.1. The average Bonchev–Trinajstić information content (AvgIpc) is 2.85. The normalized spacial score (nSPS) is 13.8. The number of alkyl halides is 7. The van der Waals surface area contributed by atoms with Gasteiger partial charge >= 0.3 is 12.4 Å². The summed E-state index contributed by atoms with van der Waals surface area (Å²) in [6.07, 6.45) is -10.0. The Balaban J connectivity index is 1.56. The summed E-state index contributed by atoms with van der Waals surface area (Å²) in [4.78, 5) is 31.4. The zero-order chi connectivity index (χ0) is 30.3. The van der Waals surface area contributed by atoms with E-state index in [-0.39, 0.29) is 0 Å². The molecule has 0 saturated carbocycles. The first-order valence-corrected chi connectivity index (χ1v) is 11.5. The second-order valence-corrected chi connectivity index (χ2v) is 8.97. The minimum Gasteiger partial charge on any atom is -0.381 e. The van der Waals surface area contributed by atoms with E-state index in [1.807, 2.05) is 0 Å². The fourth-order valence-electron chi connectivity index (χ4n) is 4.07. The van der Waals surface area contributed by atoms with E-state index >= 15 is 0 Å². The van der Waals surface area contributed by atoms with Gasteiger partial charge in [-0.1, -0.05) is 0 Å². The van der Waals surface area contributed by atoms with Crippen molar-refractivity contribution < 1.29 is 39.5 Å². The molecule has 17 heteroatoms. The van der Waals surface area contributed by atoms with Crippen LogP contribution in [0.2, 0.25) is 0 Å². The van der Waals surface area contributed by atoms with Crippen LogP contribution in [0.1, 0.15) is 24.5 Å². The second-order valence-electron chi connectivity index (χ2n) is 8.97. The number of H-pyrrole nitrogens is 1. The van der Waals surface area contributed by atoms with Crippen LogP contribution in [0.25, 0.3) is 22.2 Å².